The monoisotopic (exact) mass is 305 g/mol. The average molecular weight is 305 g/mol. The first-order valence-corrected chi connectivity index (χ1v) is 7.55. The summed E-state index contributed by atoms with van der Waals surface area (Å²) in [6.07, 6.45) is 0.261. The van der Waals surface area contributed by atoms with Gasteiger partial charge in [0.05, 0.1) is 0 Å². The van der Waals surface area contributed by atoms with Gasteiger partial charge >= 0.3 is 6.09 Å². The van der Waals surface area contributed by atoms with Crippen molar-refractivity contribution in [2.75, 3.05) is 7.05 Å². The van der Waals surface area contributed by atoms with Gasteiger partial charge in [-0.3, -0.25) is 4.90 Å². The minimum Gasteiger partial charge on any atom is -0.444 e. The molecule has 0 radical (unpaired) electrons. The highest BCUT2D eigenvalue weighted by Gasteiger charge is 2.36. The summed E-state index contributed by atoms with van der Waals surface area (Å²) in [4.78, 5) is 25.3. The Morgan fingerprint density at radius 2 is 1.64 bits per heavy atom. The highest BCUT2D eigenvalue weighted by atomic mass is 16.6. The van der Waals surface area contributed by atoms with Crippen LogP contribution in [0, 0.1) is 0 Å². The van der Waals surface area contributed by atoms with Crippen LogP contribution in [0.3, 0.4) is 0 Å². The summed E-state index contributed by atoms with van der Waals surface area (Å²) < 4.78 is 5.36. The first-order chi connectivity index (χ1) is 10.0. The van der Waals surface area contributed by atoms with E-state index in [1.54, 1.807) is 34.7 Å². The number of aldehydes is 1. The fraction of sp³-hybridized carbons (Fsp3) is 0.556. The van der Waals surface area contributed by atoms with E-state index in [-0.39, 0.29) is 0 Å². The normalized spacial score (nSPS) is 14.4. The number of amides is 1. The SMILES string of the molecule is CC(C)c1ccc(C(C)(C=O)N(C)C(=O)OC(C)(C)C)cc1. The van der Waals surface area contributed by atoms with Gasteiger partial charge in [0.25, 0.3) is 0 Å². The topological polar surface area (TPSA) is 46.6 Å². The lowest BCUT2D eigenvalue weighted by Crippen LogP contribution is -2.48. The van der Waals surface area contributed by atoms with E-state index in [1.807, 2.05) is 24.3 Å². The van der Waals surface area contributed by atoms with E-state index in [9.17, 15) is 9.59 Å². The van der Waals surface area contributed by atoms with Crippen molar-refractivity contribution in [3.8, 4) is 0 Å². The highest BCUT2D eigenvalue weighted by molar-refractivity contribution is 5.77. The van der Waals surface area contributed by atoms with Crippen LogP contribution in [0.15, 0.2) is 24.3 Å². The molecule has 0 spiro atoms. The van der Waals surface area contributed by atoms with Gasteiger partial charge in [0.2, 0.25) is 0 Å². The van der Waals surface area contributed by atoms with Crippen LogP contribution < -0.4 is 0 Å². The third-order valence-corrected chi connectivity index (χ3v) is 3.76. The Balaban J connectivity index is 3.09. The lowest BCUT2D eigenvalue weighted by molar-refractivity contribution is -0.117. The Bertz CT molecular complexity index is 528. The second-order valence-electron chi connectivity index (χ2n) is 7.08. The zero-order valence-corrected chi connectivity index (χ0v) is 14.6. The second kappa shape index (κ2) is 6.51. The quantitative estimate of drug-likeness (QED) is 0.787. The molecule has 1 aromatic rings. The van der Waals surface area contributed by atoms with Crippen molar-refractivity contribution in [3.05, 3.63) is 35.4 Å². The molecule has 122 valence electrons. The Morgan fingerprint density at radius 1 is 1.14 bits per heavy atom. The maximum absolute atomic E-state index is 12.3. The zero-order chi connectivity index (χ0) is 17.1. The zero-order valence-electron chi connectivity index (χ0n) is 14.6. The van der Waals surface area contributed by atoms with Gasteiger partial charge in [0, 0.05) is 7.05 Å². The Labute approximate surface area is 133 Å². The van der Waals surface area contributed by atoms with Crippen molar-refractivity contribution in [3.63, 3.8) is 0 Å². The number of rotatable bonds is 4. The molecule has 0 saturated heterocycles. The standard InChI is InChI=1S/C18H27NO3/c1-13(2)14-8-10-15(11-9-14)18(6,12-20)19(7)16(21)22-17(3,4)5/h8-13H,1-7H3. The largest absolute Gasteiger partial charge is 0.444 e. The molecule has 1 aromatic carbocycles. The van der Waals surface area contributed by atoms with E-state index in [0.717, 1.165) is 11.8 Å². The number of hydrogen-bond donors (Lipinski definition) is 0. The molecule has 22 heavy (non-hydrogen) atoms. The van der Waals surface area contributed by atoms with E-state index in [1.165, 1.54) is 10.5 Å². The van der Waals surface area contributed by atoms with Crippen LogP contribution in [0.4, 0.5) is 4.79 Å². The van der Waals surface area contributed by atoms with Crippen LogP contribution in [0.2, 0.25) is 0 Å². The lowest BCUT2D eigenvalue weighted by atomic mass is 9.90. The van der Waals surface area contributed by atoms with E-state index in [0.29, 0.717) is 5.92 Å². The molecule has 0 heterocycles. The smallest absolute Gasteiger partial charge is 0.411 e. The van der Waals surface area contributed by atoms with Crippen molar-refractivity contribution < 1.29 is 14.3 Å². The van der Waals surface area contributed by atoms with Crippen molar-refractivity contribution in [2.45, 2.75) is 58.6 Å². The molecular formula is C18H27NO3. The molecule has 4 heteroatoms. The summed E-state index contributed by atoms with van der Waals surface area (Å²) in [6.45, 7) is 11.3. The molecule has 0 aliphatic rings. The van der Waals surface area contributed by atoms with Crippen LogP contribution >= 0.6 is 0 Å². The van der Waals surface area contributed by atoms with Gasteiger partial charge in [0.1, 0.15) is 17.4 Å². The van der Waals surface area contributed by atoms with Crippen LogP contribution in [0.5, 0.6) is 0 Å². The molecule has 1 amide bonds. The molecule has 0 bridgehead atoms. The predicted octanol–water partition coefficient (Wildman–Crippen LogP) is 4.09. The molecule has 1 atom stereocenters. The highest BCUT2D eigenvalue weighted by Crippen LogP contribution is 2.28. The van der Waals surface area contributed by atoms with Gasteiger partial charge in [-0.1, -0.05) is 38.1 Å². The Hall–Kier alpha value is -1.84. The summed E-state index contributed by atoms with van der Waals surface area (Å²) in [5.41, 5.74) is 0.297. The summed E-state index contributed by atoms with van der Waals surface area (Å²) in [7, 11) is 1.58. The van der Waals surface area contributed by atoms with Gasteiger partial charge in [0.15, 0.2) is 0 Å². The average Bonchev–Trinajstić information content (AvgIpc) is 2.43. The Morgan fingerprint density at radius 3 is 2.00 bits per heavy atom. The van der Waals surface area contributed by atoms with E-state index < -0.39 is 17.2 Å². The second-order valence-corrected chi connectivity index (χ2v) is 7.08. The first-order valence-electron chi connectivity index (χ1n) is 7.55. The molecule has 0 aromatic heterocycles. The fourth-order valence-corrected chi connectivity index (χ4v) is 2.07. The van der Waals surface area contributed by atoms with Gasteiger partial charge in [-0.05, 0) is 44.7 Å². The third-order valence-electron chi connectivity index (χ3n) is 3.76. The van der Waals surface area contributed by atoms with Gasteiger partial charge in [-0.2, -0.15) is 0 Å². The van der Waals surface area contributed by atoms with Gasteiger partial charge < -0.3 is 9.53 Å². The van der Waals surface area contributed by atoms with Crippen LogP contribution in [-0.2, 0) is 15.1 Å². The number of benzene rings is 1. The number of carbonyl (C=O) groups is 2. The maximum atomic E-state index is 12.3. The minimum absolute atomic E-state index is 0.417. The summed E-state index contributed by atoms with van der Waals surface area (Å²) in [5.74, 6) is 0.417. The van der Waals surface area contributed by atoms with E-state index >= 15 is 0 Å². The molecule has 0 N–H and O–H groups in total. The Kier molecular flexibility index (Phi) is 5.39. The fourth-order valence-electron chi connectivity index (χ4n) is 2.07. The molecule has 1 unspecified atom stereocenters. The molecular weight excluding hydrogens is 278 g/mol. The van der Waals surface area contributed by atoms with Crippen LogP contribution in [-0.4, -0.2) is 29.9 Å². The molecule has 0 saturated carbocycles. The number of nitrogens with zero attached hydrogens (tertiary/aromatic N) is 1. The predicted molar refractivity (Wildman–Crippen MR) is 87.9 cm³/mol. The van der Waals surface area contributed by atoms with E-state index in [2.05, 4.69) is 13.8 Å². The maximum Gasteiger partial charge on any atom is 0.411 e. The summed E-state index contributed by atoms with van der Waals surface area (Å²) in [5, 5.41) is 0. The number of hydrogen-bond acceptors (Lipinski definition) is 3. The molecule has 0 aliphatic carbocycles. The van der Waals surface area contributed by atoms with Crippen molar-refractivity contribution in [1.82, 2.24) is 4.90 Å². The van der Waals surface area contributed by atoms with Gasteiger partial charge in [-0.25, -0.2) is 4.79 Å². The van der Waals surface area contributed by atoms with Crippen molar-refractivity contribution in [1.29, 1.82) is 0 Å². The number of likely N-dealkylation sites (N-methyl/N-ethyl adjacent to an activating group) is 1. The number of ether oxygens (including phenoxy) is 1. The molecule has 0 fully saturated rings. The molecule has 1 rings (SSSR count). The minimum atomic E-state index is -1.06. The summed E-state index contributed by atoms with van der Waals surface area (Å²) in [6, 6.07) is 7.77. The molecule has 0 aliphatic heterocycles. The van der Waals surface area contributed by atoms with Gasteiger partial charge in [-0.15, -0.1) is 0 Å². The first kappa shape index (κ1) is 18.2. The number of carbonyl (C=O) groups excluding carboxylic acids is 2. The van der Waals surface area contributed by atoms with Crippen LogP contribution in [0.25, 0.3) is 0 Å². The van der Waals surface area contributed by atoms with E-state index in [4.69, 9.17) is 4.74 Å². The summed E-state index contributed by atoms with van der Waals surface area (Å²) >= 11 is 0. The van der Waals surface area contributed by atoms with Crippen LogP contribution in [0.1, 0.15) is 58.6 Å². The van der Waals surface area contributed by atoms with Crippen molar-refractivity contribution >= 4 is 12.4 Å². The third kappa shape index (κ3) is 4.09. The molecule has 4 nitrogen and oxygen atoms in total. The lowest BCUT2D eigenvalue weighted by Gasteiger charge is -2.35. The van der Waals surface area contributed by atoms with Crippen molar-refractivity contribution in [2.24, 2.45) is 0 Å².